The fourth-order valence-electron chi connectivity index (χ4n) is 4.49. The summed E-state index contributed by atoms with van der Waals surface area (Å²) in [5.74, 6) is -2.92. The quantitative estimate of drug-likeness (QED) is 0.179. The van der Waals surface area contributed by atoms with E-state index >= 15 is 0 Å². The van der Waals surface area contributed by atoms with Gasteiger partial charge in [0.15, 0.2) is 5.82 Å². The first-order valence-electron chi connectivity index (χ1n) is 13.3. The highest BCUT2D eigenvalue weighted by molar-refractivity contribution is 6.36. The molecule has 0 spiro atoms. The van der Waals surface area contributed by atoms with Crippen LogP contribution in [0.5, 0.6) is 0 Å². The molecule has 0 amide bonds. The SMILES string of the molecule is [2H]C(Nc1cc(Cl)c2ncc(C#N)c(Nc3cnc(F)c(F)c3)c2c1)(c1ccc(F)cc1)c1cn(Cc2ccccc2)nn1. The molecule has 43 heavy (non-hydrogen) atoms. The highest BCUT2D eigenvalue weighted by atomic mass is 35.5. The van der Waals surface area contributed by atoms with Crippen LogP contribution in [0.3, 0.4) is 0 Å². The minimum Gasteiger partial charge on any atom is -0.373 e. The Balaban J connectivity index is 1.44. The van der Waals surface area contributed by atoms with Gasteiger partial charge in [-0.3, -0.25) is 4.98 Å². The number of fused-ring (bicyclic) bond motifs is 1. The lowest BCUT2D eigenvalue weighted by Gasteiger charge is -2.20. The highest BCUT2D eigenvalue weighted by Crippen LogP contribution is 2.36. The number of nitriles is 1. The van der Waals surface area contributed by atoms with Gasteiger partial charge in [-0.1, -0.05) is 59.3 Å². The van der Waals surface area contributed by atoms with E-state index in [1.807, 2.05) is 36.4 Å². The minimum atomic E-state index is -1.78. The Bertz CT molecular complexity index is 2030. The number of halogens is 4. The lowest BCUT2D eigenvalue weighted by molar-refractivity contribution is 0.480. The molecule has 0 radical (unpaired) electrons. The molecule has 0 saturated heterocycles. The van der Waals surface area contributed by atoms with Crippen molar-refractivity contribution in [1.82, 2.24) is 25.0 Å². The van der Waals surface area contributed by atoms with Crippen molar-refractivity contribution in [3.8, 4) is 6.07 Å². The van der Waals surface area contributed by atoms with Gasteiger partial charge >= 0.3 is 0 Å². The Morgan fingerprint density at radius 3 is 2.51 bits per heavy atom. The fourth-order valence-corrected chi connectivity index (χ4v) is 4.76. The molecule has 3 heterocycles. The smallest absolute Gasteiger partial charge is 0.249 e. The number of anilines is 3. The van der Waals surface area contributed by atoms with Gasteiger partial charge in [0.05, 0.1) is 53.8 Å². The van der Waals surface area contributed by atoms with Crippen LogP contribution in [0.1, 0.15) is 29.8 Å². The molecule has 0 aliphatic heterocycles. The van der Waals surface area contributed by atoms with Gasteiger partial charge in [-0.25, -0.2) is 18.4 Å². The first kappa shape index (κ1) is 26.4. The third-order valence-corrected chi connectivity index (χ3v) is 6.78. The van der Waals surface area contributed by atoms with E-state index in [-0.39, 0.29) is 27.7 Å². The molecule has 8 nitrogen and oxygen atoms in total. The van der Waals surface area contributed by atoms with Crippen LogP contribution in [0.2, 0.25) is 5.02 Å². The van der Waals surface area contributed by atoms with Crippen LogP contribution in [0.25, 0.3) is 10.9 Å². The molecule has 0 aliphatic rings. The summed E-state index contributed by atoms with van der Waals surface area (Å²) in [6.07, 6.45) is 4.00. The summed E-state index contributed by atoms with van der Waals surface area (Å²) in [5, 5.41) is 24.9. The molecule has 1 unspecified atom stereocenters. The Morgan fingerprint density at radius 1 is 0.977 bits per heavy atom. The lowest BCUT2D eigenvalue weighted by atomic mass is 10.0. The van der Waals surface area contributed by atoms with Crippen LogP contribution in [0.15, 0.2) is 91.4 Å². The fraction of sp³-hybridized carbons (Fsp3) is 0.0645. The number of hydrogen-bond donors (Lipinski definition) is 2. The number of nitrogens with one attached hydrogen (secondary N) is 2. The number of aromatic nitrogens is 5. The summed E-state index contributed by atoms with van der Waals surface area (Å²) >= 11 is 6.64. The first-order valence-corrected chi connectivity index (χ1v) is 13.2. The summed E-state index contributed by atoms with van der Waals surface area (Å²) in [4.78, 5) is 7.69. The van der Waals surface area contributed by atoms with Crippen molar-refractivity contribution in [2.75, 3.05) is 10.6 Å². The zero-order valence-corrected chi connectivity index (χ0v) is 22.8. The van der Waals surface area contributed by atoms with Crippen LogP contribution in [-0.4, -0.2) is 25.0 Å². The van der Waals surface area contributed by atoms with E-state index < -0.39 is 23.6 Å². The minimum absolute atomic E-state index is 0.0820. The predicted octanol–water partition coefficient (Wildman–Crippen LogP) is 7.16. The second-order valence-electron chi connectivity index (χ2n) is 9.43. The number of rotatable bonds is 8. The Labute approximate surface area is 249 Å². The Kier molecular flexibility index (Phi) is 7.25. The molecule has 3 aromatic heterocycles. The van der Waals surface area contributed by atoms with E-state index in [2.05, 4.69) is 30.9 Å². The molecule has 0 bridgehead atoms. The zero-order chi connectivity index (χ0) is 30.8. The lowest BCUT2D eigenvalue weighted by Crippen LogP contribution is -2.13. The largest absolute Gasteiger partial charge is 0.373 e. The summed E-state index contributed by atoms with van der Waals surface area (Å²) in [5.41, 5.74) is 2.56. The van der Waals surface area contributed by atoms with E-state index in [4.69, 9.17) is 11.6 Å². The summed E-state index contributed by atoms with van der Waals surface area (Å²) < 4.78 is 52.4. The zero-order valence-electron chi connectivity index (χ0n) is 23.1. The summed E-state index contributed by atoms with van der Waals surface area (Å²) in [7, 11) is 0. The van der Waals surface area contributed by atoms with E-state index in [1.54, 1.807) is 23.0 Å². The van der Waals surface area contributed by atoms with Crippen molar-refractivity contribution in [3.05, 3.63) is 136 Å². The molecule has 3 aromatic carbocycles. The molecule has 6 rings (SSSR count). The molecule has 12 heteroatoms. The molecule has 1 atom stereocenters. The van der Waals surface area contributed by atoms with Gasteiger partial charge < -0.3 is 10.6 Å². The summed E-state index contributed by atoms with van der Waals surface area (Å²) in [6, 6.07) is 19.3. The van der Waals surface area contributed by atoms with Gasteiger partial charge in [0.1, 0.15) is 17.6 Å². The molecular weight excluding hydrogens is 577 g/mol. The number of nitrogens with zero attached hydrogens (tertiary/aromatic N) is 6. The van der Waals surface area contributed by atoms with Crippen LogP contribution in [-0.2, 0) is 6.54 Å². The number of hydrogen-bond acceptors (Lipinski definition) is 7. The predicted molar refractivity (Wildman–Crippen MR) is 156 cm³/mol. The molecule has 2 N–H and O–H groups in total. The number of pyridine rings is 2. The molecule has 212 valence electrons. The van der Waals surface area contributed by atoms with E-state index in [9.17, 15) is 19.8 Å². The van der Waals surface area contributed by atoms with Crippen molar-refractivity contribution in [2.24, 2.45) is 0 Å². The van der Waals surface area contributed by atoms with Gasteiger partial charge in [0, 0.05) is 23.3 Å². The van der Waals surface area contributed by atoms with Crippen LogP contribution in [0, 0.1) is 28.9 Å². The molecular formula is C31H20ClF3N8. The van der Waals surface area contributed by atoms with Gasteiger partial charge in [-0.05, 0) is 35.4 Å². The van der Waals surface area contributed by atoms with Gasteiger partial charge in [-0.2, -0.15) is 9.65 Å². The van der Waals surface area contributed by atoms with Crippen molar-refractivity contribution in [3.63, 3.8) is 0 Å². The van der Waals surface area contributed by atoms with Gasteiger partial charge in [0.2, 0.25) is 5.95 Å². The van der Waals surface area contributed by atoms with Crippen LogP contribution < -0.4 is 10.6 Å². The summed E-state index contributed by atoms with van der Waals surface area (Å²) in [6.45, 7) is 0.408. The van der Waals surface area contributed by atoms with Crippen molar-refractivity contribution in [1.29, 1.82) is 5.26 Å². The number of benzene rings is 3. The van der Waals surface area contributed by atoms with E-state index in [0.29, 0.717) is 28.7 Å². The van der Waals surface area contributed by atoms with Crippen LogP contribution in [0.4, 0.5) is 30.2 Å². The Hall–Kier alpha value is -5.47. The topological polar surface area (TPSA) is 104 Å². The van der Waals surface area contributed by atoms with Crippen molar-refractivity contribution in [2.45, 2.75) is 12.6 Å². The monoisotopic (exact) mass is 597 g/mol. The third-order valence-electron chi connectivity index (χ3n) is 6.50. The molecule has 0 aliphatic carbocycles. The molecule has 0 saturated carbocycles. The van der Waals surface area contributed by atoms with E-state index in [0.717, 1.165) is 17.8 Å². The maximum Gasteiger partial charge on any atom is 0.249 e. The van der Waals surface area contributed by atoms with Crippen molar-refractivity contribution < 1.29 is 14.5 Å². The normalized spacial score (nSPS) is 12.8. The average molecular weight is 598 g/mol. The third kappa shape index (κ3) is 5.95. The maximum atomic E-state index is 13.9. The second-order valence-corrected chi connectivity index (χ2v) is 9.84. The second kappa shape index (κ2) is 11.8. The maximum absolute atomic E-state index is 13.9. The van der Waals surface area contributed by atoms with E-state index in [1.165, 1.54) is 30.5 Å². The van der Waals surface area contributed by atoms with Crippen LogP contribution >= 0.6 is 11.6 Å². The van der Waals surface area contributed by atoms with Gasteiger partial charge in [0.25, 0.3) is 0 Å². The highest BCUT2D eigenvalue weighted by Gasteiger charge is 2.21. The first-order chi connectivity index (χ1) is 21.2. The van der Waals surface area contributed by atoms with Crippen molar-refractivity contribution >= 4 is 39.6 Å². The Morgan fingerprint density at radius 2 is 1.77 bits per heavy atom. The molecule has 0 fully saturated rings. The standard InChI is InChI=1S/C31H20ClF3N8/c32-25-11-22(10-24-28(20(13-36)14-37-30(24)25)40-23-12-26(34)31(35)38-15-23)39-29(19-6-8-21(33)9-7-19)27-17-43(42-41-27)16-18-4-2-1-3-5-18/h1-12,14-15,17,29,39H,16H2,(H,37,40)/i29D. The molecule has 6 aromatic rings. The average Bonchev–Trinajstić information content (AvgIpc) is 3.49. The van der Waals surface area contributed by atoms with Gasteiger partial charge in [-0.15, -0.1) is 5.10 Å².